The predicted octanol–water partition coefficient (Wildman–Crippen LogP) is 7.07. The zero-order valence-electron chi connectivity index (χ0n) is 19.4. The summed E-state index contributed by atoms with van der Waals surface area (Å²) in [6, 6.07) is 20.7. The van der Waals surface area contributed by atoms with Crippen LogP contribution in [0, 0.1) is 6.92 Å². The number of amides is 1. The number of halogens is 2. The van der Waals surface area contributed by atoms with Crippen LogP contribution >= 0.6 is 46.3 Å². The quantitative estimate of drug-likeness (QED) is 0.0881. The maximum Gasteiger partial charge on any atom is 0.301 e. The molecule has 1 amide bonds. The Morgan fingerprint density at radius 2 is 1.76 bits per heavy atom. The van der Waals surface area contributed by atoms with Crippen LogP contribution in [0.15, 0.2) is 82.7 Å². The van der Waals surface area contributed by atoms with E-state index in [-0.39, 0.29) is 21.5 Å². The molecule has 0 aliphatic carbocycles. The number of nitrogens with zero attached hydrogens (tertiary/aromatic N) is 3. The van der Waals surface area contributed by atoms with E-state index in [1.165, 1.54) is 34.1 Å². The van der Waals surface area contributed by atoms with E-state index in [0.717, 1.165) is 11.1 Å². The molecule has 1 N–H and O–H groups in total. The highest BCUT2D eigenvalue weighted by Gasteiger charge is 2.49. The van der Waals surface area contributed by atoms with Crippen molar-refractivity contribution in [1.29, 1.82) is 0 Å². The molecule has 2 heterocycles. The number of rotatable bonds is 6. The number of aryl methyl sites for hydroxylation is 1. The van der Waals surface area contributed by atoms with Crippen molar-refractivity contribution >= 4 is 68.9 Å². The molecular weight excluding hydrogens is 549 g/mol. The largest absolute Gasteiger partial charge is 0.507 e. The molecular formula is C27H19Cl2N3O3S2. The van der Waals surface area contributed by atoms with E-state index in [9.17, 15) is 14.7 Å². The maximum absolute atomic E-state index is 13.4. The lowest BCUT2D eigenvalue weighted by molar-refractivity contribution is -0.132. The minimum absolute atomic E-state index is 0.0771. The maximum atomic E-state index is 13.4. The van der Waals surface area contributed by atoms with Gasteiger partial charge in [0.15, 0.2) is 4.34 Å². The summed E-state index contributed by atoms with van der Waals surface area (Å²) >= 11 is 15.3. The molecule has 1 aliphatic heterocycles. The normalized spacial score (nSPS) is 16.9. The van der Waals surface area contributed by atoms with Gasteiger partial charge in [0.05, 0.1) is 11.6 Å². The highest BCUT2D eigenvalue weighted by molar-refractivity contribution is 8.00. The van der Waals surface area contributed by atoms with Crippen molar-refractivity contribution in [2.24, 2.45) is 0 Å². The van der Waals surface area contributed by atoms with Gasteiger partial charge in [-0.3, -0.25) is 14.5 Å². The standard InChI is InChI=1S/C27H19Cl2N3O3S2/c1-15-7-9-17(10-8-15)23(33)21-22(19-12-11-18(28)13-20(19)29)32(25(35)24(21)34)26-30-31-27(37-26)36-14-16-5-3-2-4-6-16/h2-13,22,33H,14H2,1H3/b23-21-. The second-order valence-electron chi connectivity index (χ2n) is 8.33. The summed E-state index contributed by atoms with van der Waals surface area (Å²) in [5, 5.41) is 20.6. The summed E-state index contributed by atoms with van der Waals surface area (Å²) in [5.41, 5.74) is 2.88. The molecule has 1 atom stereocenters. The third kappa shape index (κ3) is 5.15. The number of carbonyl (C=O) groups is 2. The number of hydrogen-bond donors (Lipinski definition) is 1. The van der Waals surface area contributed by atoms with E-state index in [0.29, 0.717) is 26.2 Å². The van der Waals surface area contributed by atoms with Crippen molar-refractivity contribution < 1.29 is 14.7 Å². The molecule has 10 heteroatoms. The average molecular weight is 569 g/mol. The van der Waals surface area contributed by atoms with Crippen molar-refractivity contribution in [2.45, 2.75) is 23.1 Å². The molecule has 1 aromatic heterocycles. The molecule has 3 aromatic carbocycles. The zero-order valence-corrected chi connectivity index (χ0v) is 22.5. The van der Waals surface area contributed by atoms with Crippen molar-refractivity contribution in [3.05, 3.63) is 111 Å². The van der Waals surface area contributed by atoms with E-state index in [1.807, 2.05) is 49.4 Å². The molecule has 186 valence electrons. The SMILES string of the molecule is Cc1ccc(/C(O)=C2/C(=O)C(=O)N(c3nnc(SCc4ccccc4)s3)C2c2ccc(Cl)cc2Cl)cc1. The van der Waals surface area contributed by atoms with Gasteiger partial charge in [0.2, 0.25) is 5.13 Å². The zero-order chi connectivity index (χ0) is 26.1. The minimum atomic E-state index is -1.01. The Balaban J connectivity index is 1.58. The van der Waals surface area contributed by atoms with E-state index < -0.39 is 17.7 Å². The van der Waals surface area contributed by atoms with Crippen molar-refractivity contribution in [3.63, 3.8) is 0 Å². The third-order valence-corrected chi connectivity index (χ3v) is 8.52. The van der Waals surface area contributed by atoms with Gasteiger partial charge in [0.1, 0.15) is 5.76 Å². The second kappa shape index (κ2) is 10.7. The highest BCUT2D eigenvalue weighted by Crippen LogP contribution is 2.46. The molecule has 5 rings (SSSR count). The first kappa shape index (κ1) is 25.5. The van der Waals surface area contributed by atoms with Gasteiger partial charge >= 0.3 is 5.91 Å². The van der Waals surface area contributed by atoms with Crippen molar-refractivity contribution in [3.8, 4) is 0 Å². The Morgan fingerprint density at radius 1 is 1.03 bits per heavy atom. The molecule has 0 saturated carbocycles. The van der Waals surface area contributed by atoms with Gasteiger partial charge in [-0.1, -0.05) is 113 Å². The number of thioether (sulfide) groups is 1. The van der Waals surface area contributed by atoms with Crippen molar-refractivity contribution in [2.75, 3.05) is 4.90 Å². The van der Waals surface area contributed by atoms with Gasteiger partial charge in [-0.05, 0) is 30.2 Å². The van der Waals surface area contributed by atoms with Gasteiger partial charge in [0.25, 0.3) is 5.78 Å². The number of hydrogen-bond acceptors (Lipinski definition) is 7. The second-order valence-corrected chi connectivity index (χ2v) is 11.3. The van der Waals surface area contributed by atoms with Crippen LogP contribution in [0.5, 0.6) is 0 Å². The highest BCUT2D eigenvalue weighted by atomic mass is 35.5. The van der Waals surface area contributed by atoms with Gasteiger partial charge in [-0.25, -0.2) is 0 Å². The lowest BCUT2D eigenvalue weighted by Crippen LogP contribution is -2.29. The first-order chi connectivity index (χ1) is 17.8. The first-order valence-electron chi connectivity index (χ1n) is 11.2. The fourth-order valence-electron chi connectivity index (χ4n) is 3.99. The minimum Gasteiger partial charge on any atom is -0.507 e. The first-order valence-corrected chi connectivity index (χ1v) is 13.7. The van der Waals surface area contributed by atoms with Crippen LogP contribution in [0.3, 0.4) is 0 Å². The monoisotopic (exact) mass is 567 g/mol. The number of Topliss-reactive ketones (excluding diaryl/α,β-unsaturated/α-hetero) is 1. The van der Waals surface area contributed by atoms with E-state index in [1.54, 1.807) is 24.3 Å². The number of anilines is 1. The number of carbonyl (C=O) groups excluding carboxylic acids is 2. The number of aliphatic hydroxyl groups is 1. The van der Waals surface area contributed by atoms with Gasteiger partial charge < -0.3 is 5.11 Å². The Morgan fingerprint density at radius 3 is 2.46 bits per heavy atom. The molecule has 1 saturated heterocycles. The summed E-state index contributed by atoms with van der Waals surface area (Å²) in [6.07, 6.45) is 0. The van der Waals surface area contributed by atoms with E-state index in [4.69, 9.17) is 23.2 Å². The Labute approximate surface area is 231 Å². The summed E-state index contributed by atoms with van der Waals surface area (Å²) in [5.74, 6) is -1.27. The molecule has 0 spiro atoms. The van der Waals surface area contributed by atoms with Crippen LogP contribution in [0.25, 0.3) is 5.76 Å². The number of benzene rings is 3. The van der Waals surface area contributed by atoms with E-state index >= 15 is 0 Å². The molecule has 0 radical (unpaired) electrons. The fraction of sp³-hybridized carbons (Fsp3) is 0.111. The smallest absolute Gasteiger partial charge is 0.301 e. The van der Waals surface area contributed by atoms with Gasteiger partial charge in [0, 0.05) is 21.4 Å². The summed E-state index contributed by atoms with van der Waals surface area (Å²) in [4.78, 5) is 27.9. The predicted molar refractivity (Wildman–Crippen MR) is 148 cm³/mol. The molecule has 1 aliphatic rings. The summed E-state index contributed by atoms with van der Waals surface area (Å²) in [6.45, 7) is 1.92. The number of aliphatic hydroxyl groups excluding tert-OH is 1. The number of aromatic nitrogens is 2. The summed E-state index contributed by atoms with van der Waals surface area (Å²) < 4.78 is 0.639. The molecule has 6 nitrogen and oxygen atoms in total. The van der Waals surface area contributed by atoms with Crippen LogP contribution in [0.1, 0.15) is 28.3 Å². The van der Waals surface area contributed by atoms with Crippen LogP contribution in [0.2, 0.25) is 10.0 Å². The van der Waals surface area contributed by atoms with Gasteiger partial charge in [-0.15, -0.1) is 10.2 Å². The number of ketones is 1. The molecule has 4 aromatic rings. The lowest BCUT2D eigenvalue weighted by atomic mass is 9.95. The fourth-order valence-corrected chi connectivity index (χ4v) is 6.33. The van der Waals surface area contributed by atoms with Crippen LogP contribution in [-0.4, -0.2) is 27.0 Å². The molecule has 1 fully saturated rings. The topological polar surface area (TPSA) is 83.4 Å². The molecule has 1 unspecified atom stereocenters. The third-order valence-electron chi connectivity index (χ3n) is 5.83. The lowest BCUT2D eigenvalue weighted by Gasteiger charge is -2.23. The van der Waals surface area contributed by atoms with Crippen molar-refractivity contribution in [1.82, 2.24) is 10.2 Å². The van der Waals surface area contributed by atoms with Crippen LogP contribution in [0.4, 0.5) is 5.13 Å². The van der Waals surface area contributed by atoms with Gasteiger partial charge in [-0.2, -0.15) is 0 Å². The Bertz CT molecular complexity index is 1520. The average Bonchev–Trinajstić information content (AvgIpc) is 3.45. The molecule has 0 bridgehead atoms. The molecule has 37 heavy (non-hydrogen) atoms. The Kier molecular flexibility index (Phi) is 7.35. The Hall–Kier alpha value is -3.17. The summed E-state index contributed by atoms with van der Waals surface area (Å²) in [7, 11) is 0. The van der Waals surface area contributed by atoms with Crippen LogP contribution in [-0.2, 0) is 15.3 Å². The van der Waals surface area contributed by atoms with Crippen LogP contribution < -0.4 is 4.90 Å². The van der Waals surface area contributed by atoms with E-state index in [2.05, 4.69) is 10.2 Å².